The van der Waals surface area contributed by atoms with Crippen LogP contribution in [0.4, 0.5) is 11.5 Å². The maximum absolute atomic E-state index is 12.0. The van der Waals surface area contributed by atoms with Crippen LogP contribution in [0, 0.1) is 0 Å². The fourth-order valence-corrected chi connectivity index (χ4v) is 1.92. The summed E-state index contributed by atoms with van der Waals surface area (Å²) in [5, 5.41) is 15.0. The number of carbonyl (C=O) groups is 1. The van der Waals surface area contributed by atoms with E-state index in [1.807, 2.05) is 0 Å². The molecule has 0 spiro atoms. The first-order chi connectivity index (χ1) is 11.2. The molecule has 0 fully saturated rings. The number of aromatic nitrogens is 1. The van der Waals surface area contributed by atoms with E-state index in [9.17, 15) is 4.79 Å². The Morgan fingerprint density at radius 1 is 1.17 bits per heavy atom. The summed E-state index contributed by atoms with van der Waals surface area (Å²) in [4.78, 5) is 16.3. The van der Waals surface area contributed by atoms with Gasteiger partial charge in [-0.1, -0.05) is 11.6 Å². The van der Waals surface area contributed by atoms with Crippen molar-refractivity contribution in [3.05, 3.63) is 53.2 Å². The van der Waals surface area contributed by atoms with Gasteiger partial charge in [0.1, 0.15) is 5.82 Å². The van der Waals surface area contributed by atoms with Gasteiger partial charge >= 0.3 is 0 Å². The fraction of sp³-hybridized carbons (Fsp3) is 0.250. The fourth-order valence-electron chi connectivity index (χ4n) is 1.79. The molecular formula is C16H18ClN3O3. The van der Waals surface area contributed by atoms with Crippen LogP contribution in [0.15, 0.2) is 42.6 Å². The van der Waals surface area contributed by atoms with E-state index in [1.165, 1.54) is 0 Å². The van der Waals surface area contributed by atoms with Gasteiger partial charge in [-0.25, -0.2) is 4.98 Å². The number of pyridine rings is 1. The molecule has 0 saturated heterocycles. The minimum absolute atomic E-state index is 0.0142. The number of aliphatic hydroxyl groups is 1. The third-order valence-electron chi connectivity index (χ3n) is 2.92. The predicted octanol–water partition coefficient (Wildman–Crippen LogP) is 2.41. The van der Waals surface area contributed by atoms with Crippen molar-refractivity contribution < 1.29 is 14.6 Å². The van der Waals surface area contributed by atoms with Gasteiger partial charge in [-0.15, -0.1) is 0 Å². The second-order valence-electron chi connectivity index (χ2n) is 4.66. The Morgan fingerprint density at radius 3 is 2.61 bits per heavy atom. The molecule has 0 aliphatic rings. The number of benzene rings is 1. The normalized spacial score (nSPS) is 10.3. The lowest BCUT2D eigenvalue weighted by Gasteiger charge is -2.08. The summed E-state index contributed by atoms with van der Waals surface area (Å²) in [6, 6.07) is 10.2. The van der Waals surface area contributed by atoms with Crippen molar-refractivity contribution in [2.75, 3.05) is 37.0 Å². The molecule has 23 heavy (non-hydrogen) atoms. The van der Waals surface area contributed by atoms with Crippen LogP contribution in [0.5, 0.6) is 0 Å². The van der Waals surface area contributed by atoms with Gasteiger partial charge < -0.3 is 20.5 Å². The van der Waals surface area contributed by atoms with Crippen molar-refractivity contribution in [2.24, 2.45) is 0 Å². The second-order valence-corrected chi connectivity index (χ2v) is 5.09. The summed E-state index contributed by atoms with van der Waals surface area (Å²) in [5.74, 6) is 0.462. The van der Waals surface area contributed by atoms with Gasteiger partial charge in [-0.05, 0) is 36.4 Å². The number of hydrogen-bond donors (Lipinski definition) is 3. The number of carbonyl (C=O) groups excluding carboxylic acids is 1. The molecule has 122 valence electrons. The predicted molar refractivity (Wildman–Crippen MR) is 90.0 cm³/mol. The zero-order valence-electron chi connectivity index (χ0n) is 12.5. The zero-order valence-corrected chi connectivity index (χ0v) is 13.2. The Hall–Kier alpha value is -2.15. The highest BCUT2D eigenvalue weighted by Gasteiger charge is 2.06. The maximum Gasteiger partial charge on any atom is 0.255 e. The highest BCUT2D eigenvalue weighted by molar-refractivity contribution is 6.30. The third kappa shape index (κ3) is 5.86. The molecule has 0 radical (unpaired) electrons. The molecule has 3 N–H and O–H groups in total. The molecule has 6 nitrogen and oxygen atoms in total. The van der Waals surface area contributed by atoms with Crippen LogP contribution in [0.25, 0.3) is 0 Å². The van der Waals surface area contributed by atoms with Gasteiger partial charge in [0.15, 0.2) is 0 Å². The van der Waals surface area contributed by atoms with Crippen molar-refractivity contribution in [1.29, 1.82) is 0 Å². The van der Waals surface area contributed by atoms with E-state index in [-0.39, 0.29) is 12.5 Å². The molecule has 0 unspecified atom stereocenters. The number of nitrogens with one attached hydrogen (secondary N) is 2. The van der Waals surface area contributed by atoms with Gasteiger partial charge in [0.2, 0.25) is 0 Å². The molecule has 2 rings (SSSR count). The van der Waals surface area contributed by atoms with E-state index in [0.29, 0.717) is 41.8 Å². The summed E-state index contributed by atoms with van der Waals surface area (Å²) in [7, 11) is 0. The molecule has 2 aromatic rings. The first-order valence-electron chi connectivity index (χ1n) is 7.14. The first-order valence-corrected chi connectivity index (χ1v) is 7.52. The molecule has 0 aliphatic carbocycles. The van der Waals surface area contributed by atoms with Crippen LogP contribution in [0.2, 0.25) is 5.02 Å². The highest BCUT2D eigenvalue weighted by atomic mass is 35.5. The first kappa shape index (κ1) is 17.2. The minimum Gasteiger partial charge on any atom is -0.394 e. The van der Waals surface area contributed by atoms with E-state index in [4.69, 9.17) is 21.4 Å². The van der Waals surface area contributed by atoms with Crippen LogP contribution >= 0.6 is 11.6 Å². The van der Waals surface area contributed by atoms with Crippen LogP contribution in [-0.2, 0) is 4.74 Å². The lowest BCUT2D eigenvalue weighted by molar-refractivity contribution is 0.0992. The van der Waals surface area contributed by atoms with E-state index in [0.717, 1.165) is 0 Å². The average Bonchev–Trinajstić information content (AvgIpc) is 2.57. The Bertz CT molecular complexity index is 617. The molecule has 1 heterocycles. The van der Waals surface area contributed by atoms with Crippen LogP contribution in [0.3, 0.4) is 0 Å². The summed E-state index contributed by atoms with van der Waals surface area (Å²) >= 11 is 5.79. The van der Waals surface area contributed by atoms with Gasteiger partial charge in [-0.3, -0.25) is 4.79 Å². The van der Waals surface area contributed by atoms with Crippen molar-refractivity contribution in [3.63, 3.8) is 0 Å². The van der Waals surface area contributed by atoms with Crippen LogP contribution in [-0.4, -0.2) is 42.4 Å². The quantitative estimate of drug-likeness (QED) is 0.645. The van der Waals surface area contributed by atoms with Crippen LogP contribution in [0.1, 0.15) is 10.4 Å². The number of halogens is 1. The topological polar surface area (TPSA) is 83.5 Å². The van der Waals surface area contributed by atoms with Gasteiger partial charge in [0, 0.05) is 17.1 Å². The number of aliphatic hydroxyl groups excluding tert-OH is 1. The molecule has 7 heteroatoms. The van der Waals surface area contributed by atoms with Crippen molar-refractivity contribution in [1.82, 2.24) is 4.98 Å². The number of nitrogens with zero attached hydrogens (tertiary/aromatic N) is 1. The Morgan fingerprint density at radius 2 is 1.96 bits per heavy atom. The number of amides is 1. The van der Waals surface area contributed by atoms with Crippen molar-refractivity contribution in [3.8, 4) is 0 Å². The lowest BCUT2D eigenvalue weighted by Crippen LogP contribution is -2.13. The standard InChI is InChI=1S/C16H18ClN3O3/c17-13-3-1-12(2-4-13)16(22)20-14-5-6-15(19-11-14)18-7-9-23-10-8-21/h1-6,11,21H,7-10H2,(H,18,19)(H,20,22). The summed E-state index contributed by atoms with van der Waals surface area (Å²) < 4.78 is 5.13. The Kier molecular flexibility index (Phi) is 6.80. The van der Waals surface area contributed by atoms with Crippen molar-refractivity contribution >= 4 is 29.0 Å². The number of rotatable bonds is 8. The maximum atomic E-state index is 12.0. The van der Waals surface area contributed by atoms with Gasteiger partial charge in [0.25, 0.3) is 5.91 Å². The minimum atomic E-state index is -0.221. The second kappa shape index (κ2) is 9.09. The Labute approximate surface area is 139 Å². The molecule has 0 saturated carbocycles. The van der Waals surface area contributed by atoms with E-state index >= 15 is 0 Å². The molecule has 1 amide bonds. The van der Waals surface area contributed by atoms with Gasteiger partial charge in [0.05, 0.1) is 31.7 Å². The van der Waals surface area contributed by atoms with E-state index in [1.54, 1.807) is 42.6 Å². The molecule has 0 bridgehead atoms. The third-order valence-corrected chi connectivity index (χ3v) is 3.17. The number of hydrogen-bond acceptors (Lipinski definition) is 5. The number of ether oxygens (including phenoxy) is 1. The molecule has 0 atom stereocenters. The molecular weight excluding hydrogens is 318 g/mol. The SMILES string of the molecule is O=C(Nc1ccc(NCCOCCO)nc1)c1ccc(Cl)cc1. The average molecular weight is 336 g/mol. The molecule has 1 aromatic carbocycles. The molecule has 1 aromatic heterocycles. The van der Waals surface area contributed by atoms with Crippen molar-refractivity contribution in [2.45, 2.75) is 0 Å². The summed E-state index contributed by atoms with van der Waals surface area (Å²) in [6.07, 6.45) is 1.57. The monoisotopic (exact) mass is 335 g/mol. The van der Waals surface area contributed by atoms with E-state index in [2.05, 4.69) is 15.6 Å². The summed E-state index contributed by atoms with van der Waals surface area (Å²) in [5.41, 5.74) is 1.13. The number of anilines is 2. The highest BCUT2D eigenvalue weighted by Crippen LogP contribution is 2.13. The van der Waals surface area contributed by atoms with E-state index < -0.39 is 0 Å². The summed E-state index contributed by atoms with van der Waals surface area (Å²) in [6.45, 7) is 1.41. The van der Waals surface area contributed by atoms with Crippen LogP contribution < -0.4 is 10.6 Å². The zero-order chi connectivity index (χ0) is 16.5. The Balaban J connectivity index is 1.82. The van der Waals surface area contributed by atoms with Gasteiger partial charge in [-0.2, -0.15) is 0 Å². The smallest absolute Gasteiger partial charge is 0.255 e. The molecule has 0 aliphatic heterocycles. The lowest BCUT2D eigenvalue weighted by atomic mass is 10.2. The largest absolute Gasteiger partial charge is 0.394 e.